The minimum atomic E-state index is -1.84. The number of thiophene rings is 1. The number of nitrogens with two attached hydrogens (primary N) is 2. The van der Waals surface area contributed by atoms with Crippen molar-refractivity contribution in [3.05, 3.63) is 16.5 Å². The highest BCUT2D eigenvalue weighted by molar-refractivity contribution is 7.21. The molecular formula is C20H30N4O4SSi. The third kappa shape index (κ3) is 4.16. The molecule has 0 aromatic carbocycles. The molecule has 2 aromatic rings. The molecule has 0 unspecified atom stereocenters. The molecule has 164 valence electrons. The molecular weight excluding hydrogens is 420 g/mol. The van der Waals surface area contributed by atoms with Crippen LogP contribution in [0.15, 0.2) is 6.07 Å². The molecule has 8 nitrogen and oxygen atoms in total. The molecule has 0 saturated carbocycles. The van der Waals surface area contributed by atoms with Gasteiger partial charge in [0, 0.05) is 24.6 Å². The number of amides is 1. The zero-order chi connectivity index (χ0) is 22.4. The maximum absolute atomic E-state index is 11.9. The van der Waals surface area contributed by atoms with Crippen LogP contribution >= 0.6 is 11.3 Å². The van der Waals surface area contributed by atoms with Crippen molar-refractivity contribution in [1.29, 1.82) is 0 Å². The van der Waals surface area contributed by atoms with Gasteiger partial charge < -0.3 is 25.9 Å². The summed E-state index contributed by atoms with van der Waals surface area (Å²) in [5.74, 6) is -1.22. The number of anilines is 2. The van der Waals surface area contributed by atoms with Crippen LogP contribution in [0.1, 0.15) is 53.6 Å². The summed E-state index contributed by atoms with van der Waals surface area (Å²) in [7, 11) is -1.84. The van der Waals surface area contributed by atoms with Gasteiger partial charge in [-0.3, -0.25) is 4.79 Å². The fourth-order valence-electron chi connectivity index (χ4n) is 3.42. The van der Waals surface area contributed by atoms with E-state index in [0.717, 1.165) is 37.3 Å². The smallest absolute Gasteiger partial charge is 0.336 e. The number of carbonyl (C=O) groups is 2. The highest BCUT2D eigenvalue weighted by atomic mass is 32.1. The SMILES string of the molecule is CC(C)(C)[Si](C)(C)OC1CCN(c2cc(C(=O)O)c3c(N)c(C(N)=O)sc3n2)CC1. The molecule has 30 heavy (non-hydrogen) atoms. The van der Waals surface area contributed by atoms with E-state index in [1.807, 2.05) is 0 Å². The first-order valence-corrected chi connectivity index (χ1v) is 13.7. The maximum Gasteiger partial charge on any atom is 0.336 e. The summed E-state index contributed by atoms with van der Waals surface area (Å²) >= 11 is 1.03. The van der Waals surface area contributed by atoms with E-state index in [1.54, 1.807) is 0 Å². The normalized spacial score (nSPS) is 16.2. The number of aromatic carboxylic acids is 1. The number of pyridine rings is 1. The Kier molecular flexibility index (Phi) is 5.87. The molecule has 0 bridgehead atoms. The molecule has 1 aliphatic heterocycles. The summed E-state index contributed by atoms with van der Waals surface area (Å²) in [6.45, 7) is 12.6. The van der Waals surface area contributed by atoms with E-state index >= 15 is 0 Å². The number of hydrogen-bond donors (Lipinski definition) is 3. The van der Waals surface area contributed by atoms with E-state index in [0.29, 0.717) is 10.6 Å². The summed E-state index contributed by atoms with van der Waals surface area (Å²) in [4.78, 5) is 30.7. The summed E-state index contributed by atoms with van der Waals surface area (Å²) in [5, 5.41) is 10.1. The van der Waals surface area contributed by atoms with Gasteiger partial charge in [-0.25, -0.2) is 9.78 Å². The van der Waals surface area contributed by atoms with Gasteiger partial charge in [-0.1, -0.05) is 20.8 Å². The summed E-state index contributed by atoms with van der Waals surface area (Å²) in [6, 6.07) is 1.54. The Labute approximate surface area is 181 Å². The Morgan fingerprint density at radius 2 is 1.90 bits per heavy atom. The lowest BCUT2D eigenvalue weighted by molar-refractivity contribution is 0.0698. The molecule has 5 N–H and O–H groups in total. The average Bonchev–Trinajstić information content (AvgIpc) is 2.97. The quantitative estimate of drug-likeness (QED) is 0.592. The molecule has 0 atom stereocenters. The first-order chi connectivity index (χ1) is 13.8. The van der Waals surface area contributed by atoms with Gasteiger partial charge in [0.2, 0.25) is 0 Å². The lowest BCUT2D eigenvalue weighted by Crippen LogP contribution is -2.47. The molecule has 1 saturated heterocycles. The Bertz CT molecular complexity index is 991. The molecule has 1 amide bonds. The van der Waals surface area contributed by atoms with Crippen molar-refractivity contribution < 1.29 is 19.1 Å². The molecule has 0 spiro atoms. The number of aromatic nitrogens is 1. The Morgan fingerprint density at radius 3 is 2.40 bits per heavy atom. The number of fused-ring (bicyclic) bond motifs is 1. The van der Waals surface area contributed by atoms with Gasteiger partial charge in [-0.15, -0.1) is 11.3 Å². The van der Waals surface area contributed by atoms with Gasteiger partial charge in [0.25, 0.3) is 5.91 Å². The monoisotopic (exact) mass is 450 g/mol. The number of nitrogens with zero attached hydrogens (tertiary/aromatic N) is 2. The third-order valence-corrected chi connectivity index (χ3v) is 11.8. The summed E-state index contributed by atoms with van der Waals surface area (Å²) in [6.07, 6.45) is 1.91. The van der Waals surface area contributed by atoms with Crippen LogP contribution in [0.2, 0.25) is 18.1 Å². The fraction of sp³-hybridized carbons (Fsp3) is 0.550. The highest BCUT2D eigenvalue weighted by Crippen LogP contribution is 2.39. The maximum atomic E-state index is 11.9. The van der Waals surface area contributed by atoms with Crippen LogP contribution in [0.3, 0.4) is 0 Å². The van der Waals surface area contributed by atoms with Crippen molar-refractivity contribution in [2.45, 2.75) is 57.8 Å². The lowest BCUT2D eigenvalue weighted by Gasteiger charge is -2.42. The van der Waals surface area contributed by atoms with Crippen LogP contribution in [-0.2, 0) is 4.43 Å². The fourth-order valence-corrected chi connectivity index (χ4v) is 5.81. The third-order valence-electron chi connectivity index (χ3n) is 6.17. The minimum Gasteiger partial charge on any atom is -0.478 e. The first-order valence-electron chi connectivity index (χ1n) is 10.0. The van der Waals surface area contributed by atoms with Gasteiger partial charge in [0.15, 0.2) is 8.32 Å². The summed E-state index contributed by atoms with van der Waals surface area (Å²) < 4.78 is 6.54. The number of rotatable bonds is 5. The number of carbonyl (C=O) groups excluding carboxylic acids is 1. The van der Waals surface area contributed by atoms with Crippen molar-refractivity contribution >= 4 is 53.3 Å². The number of nitrogen functional groups attached to an aromatic ring is 1. The minimum absolute atomic E-state index is 0.0379. The highest BCUT2D eigenvalue weighted by Gasteiger charge is 2.39. The van der Waals surface area contributed by atoms with Gasteiger partial charge in [0.05, 0.1) is 11.3 Å². The van der Waals surface area contributed by atoms with Gasteiger partial charge in [-0.2, -0.15) is 0 Å². The molecule has 3 rings (SSSR count). The van der Waals surface area contributed by atoms with Gasteiger partial charge in [0.1, 0.15) is 15.5 Å². The van der Waals surface area contributed by atoms with Gasteiger partial charge in [-0.05, 0) is 37.0 Å². The average molecular weight is 451 g/mol. The van der Waals surface area contributed by atoms with Crippen LogP contribution in [0, 0.1) is 0 Å². The molecule has 1 aliphatic rings. The van der Waals surface area contributed by atoms with E-state index < -0.39 is 20.2 Å². The topological polar surface area (TPSA) is 132 Å². The Balaban J connectivity index is 1.85. The van der Waals surface area contributed by atoms with Crippen LogP contribution in [0.25, 0.3) is 10.2 Å². The van der Waals surface area contributed by atoms with Crippen LogP contribution in [0.4, 0.5) is 11.5 Å². The number of primary amides is 1. The predicted octanol–water partition coefficient (Wildman–Crippen LogP) is 3.67. The largest absolute Gasteiger partial charge is 0.478 e. The second kappa shape index (κ2) is 7.82. The number of piperidine rings is 1. The second-order valence-electron chi connectivity index (χ2n) is 9.29. The number of hydrogen-bond acceptors (Lipinski definition) is 7. The van der Waals surface area contributed by atoms with Crippen molar-refractivity contribution in [2.75, 3.05) is 23.7 Å². The molecule has 10 heteroatoms. The second-order valence-corrected chi connectivity index (χ2v) is 15.0. The standard InChI is InChI=1S/C20H30N4O4SSi/c1-20(2,3)30(4,5)28-11-6-8-24(9-7-11)13-10-12(19(26)27)14-15(21)16(17(22)25)29-18(14)23-13/h10-11H,6-9,21H2,1-5H3,(H2,22,25)(H,26,27). The zero-order valence-corrected chi connectivity index (χ0v) is 19.9. The van der Waals surface area contributed by atoms with Crippen molar-refractivity contribution in [3.8, 4) is 0 Å². The van der Waals surface area contributed by atoms with Crippen molar-refractivity contribution in [1.82, 2.24) is 4.98 Å². The van der Waals surface area contributed by atoms with E-state index in [1.165, 1.54) is 6.07 Å². The zero-order valence-electron chi connectivity index (χ0n) is 18.1. The van der Waals surface area contributed by atoms with Crippen molar-refractivity contribution in [3.63, 3.8) is 0 Å². The van der Waals surface area contributed by atoms with Gasteiger partial charge >= 0.3 is 5.97 Å². The van der Waals surface area contributed by atoms with E-state index in [9.17, 15) is 14.7 Å². The summed E-state index contributed by atoms with van der Waals surface area (Å²) in [5.41, 5.74) is 11.5. The first kappa shape index (κ1) is 22.5. The molecule has 0 radical (unpaired) electrons. The van der Waals surface area contributed by atoms with Crippen LogP contribution in [0.5, 0.6) is 0 Å². The Morgan fingerprint density at radius 1 is 1.30 bits per heavy atom. The number of carboxylic acids is 1. The van der Waals surface area contributed by atoms with Crippen molar-refractivity contribution in [2.24, 2.45) is 5.73 Å². The molecule has 0 aliphatic carbocycles. The molecule has 2 aromatic heterocycles. The van der Waals surface area contributed by atoms with Crippen LogP contribution < -0.4 is 16.4 Å². The molecule has 3 heterocycles. The lowest BCUT2D eigenvalue weighted by atomic mass is 10.1. The predicted molar refractivity (Wildman–Crippen MR) is 123 cm³/mol. The van der Waals surface area contributed by atoms with E-state index in [4.69, 9.17) is 15.9 Å². The molecule has 1 fully saturated rings. The van der Waals surface area contributed by atoms with E-state index in [-0.39, 0.29) is 32.7 Å². The Hall–Kier alpha value is -2.17. The van der Waals surface area contributed by atoms with E-state index in [2.05, 4.69) is 43.7 Å². The van der Waals surface area contributed by atoms with Crippen LogP contribution in [-0.4, -0.2) is 49.5 Å². The number of carboxylic acid groups (broad SMARTS) is 1.